The predicted molar refractivity (Wildman–Crippen MR) is 70.5 cm³/mol. The standard InChI is InChI=1S/C16H22O3/c1-10-11(17)18-12-14(10,3)9-8-13(2)6-5-7-15(4)16(12,13)19-15/h12H,1,5-9H2,2-4H3/t12-,13-,14+,15?,16?/m1/s1. The first kappa shape index (κ1) is 12.0. The first-order valence-electron chi connectivity index (χ1n) is 7.40. The average Bonchev–Trinajstić information content (AvgIpc) is 2.92. The maximum absolute atomic E-state index is 12.0. The highest BCUT2D eigenvalue weighted by Gasteiger charge is 2.85. The van der Waals surface area contributed by atoms with E-state index in [1.807, 2.05) is 0 Å². The summed E-state index contributed by atoms with van der Waals surface area (Å²) in [7, 11) is 0. The average molecular weight is 262 g/mol. The molecular formula is C16H22O3. The van der Waals surface area contributed by atoms with Gasteiger partial charge in [0.1, 0.15) is 11.7 Å². The van der Waals surface area contributed by atoms with E-state index < -0.39 is 0 Å². The summed E-state index contributed by atoms with van der Waals surface area (Å²) in [5, 5.41) is 0. The van der Waals surface area contributed by atoms with Crippen LogP contribution in [0.2, 0.25) is 0 Å². The fourth-order valence-electron chi connectivity index (χ4n) is 5.34. The van der Waals surface area contributed by atoms with Crippen molar-refractivity contribution in [3.63, 3.8) is 0 Å². The number of esters is 1. The second-order valence-corrected chi connectivity index (χ2v) is 7.66. The van der Waals surface area contributed by atoms with Gasteiger partial charge in [-0.05, 0) is 39.0 Å². The van der Waals surface area contributed by atoms with Crippen LogP contribution in [0.15, 0.2) is 12.2 Å². The molecule has 104 valence electrons. The van der Waals surface area contributed by atoms with Crippen LogP contribution in [0.25, 0.3) is 0 Å². The van der Waals surface area contributed by atoms with Crippen molar-refractivity contribution in [1.29, 1.82) is 0 Å². The number of carbonyl (C=O) groups excluding carboxylic acids is 1. The van der Waals surface area contributed by atoms with Crippen LogP contribution in [0.5, 0.6) is 0 Å². The second-order valence-electron chi connectivity index (χ2n) is 7.66. The van der Waals surface area contributed by atoms with Crippen LogP contribution in [0.3, 0.4) is 0 Å². The highest BCUT2D eigenvalue weighted by atomic mass is 16.7. The van der Waals surface area contributed by atoms with Crippen molar-refractivity contribution >= 4 is 5.97 Å². The molecule has 0 aromatic rings. The van der Waals surface area contributed by atoms with Crippen LogP contribution in [-0.4, -0.2) is 23.3 Å². The molecule has 2 saturated heterocycles. The van der Waals surface area contributed by atoms with Crippen LogP contribution in [0.4, 0.5) is 0 Å². The first-order valence-corrected chi connectivity index (χ1v) is 7.40. The summed E-state index contributed by atoms with van der Waals surface area (Å²) in [6, 6.07) is 0. The van der Waals surface area contributed by atoms with Gasteiger partial charge in [-0.15, -0.1) is 0 Å². The van der Waals surface area contributed by atoms with Crippen LogP contribution in [0, 0.1) is 10.8 Å². The summed E-state index contributed by atoms with van der Waals surface area (Å²) in [6.07, 6.45) is 5.43. The lowest BCUT2D eigenvalue weighted by Crippen LogP contribution is -2.60. The highest BCUT2D eigenvalue weighted by molar-refractivity contribution is 5.92. The highest BCUT2D eigenvalue weighted by Crippen LogP contribution is 2.75. The van der Waals surface area contributed by atoms with Gasteiger partial charge in [-0.3, -0.25) is 0 Å². The number of ether oxygens (including phenoxy) is 2. The van der Waals surface area contributed by atoms with Gasteiger partial charge in [0.15, 0.2) is 0 Å². The molecule has 4 rings (SSSR count). The Bertz CT molecular complexity index is 512. The summed E-state index contributed by atoms with van der Waals surface area (Å²) in [4.78, 5) is 12.0. The fraction of sp³-hybridized carbons (Fsp3) is 0.812. The Hall–Kier alpha value is -0.830. The normalized spacial score (nSPS) is 59.0. The minimum absolute atomic E-state index is 0.1000. The van der Waals surface area contributed by atoms with E-state index in [1.165, 1.54) is 12.8 Å². The van der Waals surface area contributed by atoms with Gasteiger partial charge in [-0.1, -0.05) is 20.4 Å². The molecule has 3 nitrogen and oxygen atoms in total. The lowest BCUT2D eigenvalue weighted by molar-refractivity contribution is -0.153. The second kappa shape index (κ2) is 2.93. The molecule has 0 radical (unpaired) electrons. The molecule has 19 heavy (non-hydrogen) atoms. The van der Waals surface area contributed by atoms with Gasteiger partial charge < -0.3 is 9.47 Å². The van der Waals surface area contributed by atoms with E-state index in [0.29, 0.717) is 5.57 Å². The number of hydrogen-bond donors (Lipinski definition) is 0. The van der Waals surface area contributed by atoms with Crippen molar-refractivity contribution < 1.29 is 14.3 Å². The lowest BCUT2D eigenvalue weighted by atomic mass is 9.50. The van der Waals surface area contributed by atoms with Crippen molar-refractivity contribution in [2.45, 2.75) is 70.2 Å². The number of carbonyl (C=O) groups is 1. The Kier molecular flexibility index (Phi) is 1.84. The predicted octanol–water partition coefficient (Wildman–Crippen LogP) is 2.99. The molecule has 0 aromatic carbocycles. The number of epoxide rings is 1. The minimum atomic E-state index is -0.264. The third kappa shape index (κ3) is 1.02. The molecule has 4 fully saturated rings. The zero-order chi connectivity index (χ0) is 13.7. The van der Waals surface area contributed by atoms with E-state index in [4.69, 9.17) is 9.47 Å². The largest absolute Gasteiger partial charge is 0.455 e. The lowest BCUT2D eigenvalue weighted by Gasteiger charge is -2.52. The van der Waals surface area contributed by atoms with Crippen molar-refractivity contribution in [3.05, 3.63) is 12.2 Å². The fourth-order valence-corrected chi connectivity index (χ4v) is 5.34. The van der Waals surface area contributed by atoms with E-state index in [-0.39, 0.29) is 34.1 Å². The van der Waals surface area contributed by atoms with Gasteiger partial charge in [-0.2, -0.15) is 0 Å². The van der Waals surface area contributed by atoms with Gasteiger partial charge in [0.25, 0.3) is 0 Å². The molecule has 4 aliphatic rings. The van der Waals surface area contributed by atoms with E-state index in [2.05, 4.69) is 27.4 Å². The van der Waals surface area contributed by atoms with Gasteiger partial charge in [0.2, 0.25) is 0 Å². The van der Waals surface area contributed by atoms with Gasteiger partial charge in [-0.25, -0.2) is 4.79 Å². The number of rotatable bonds is 0. The topological polar surface area (TPSA) is 38.8 Å². The molecule has 2 unspecified atom stereocenters. The molecule has 5 atom stereocenters. The summed E-state index contributed by atoms with van der Waals surface area (Å²) < 4.78 is 12.1. The molecule has 0 bridgehead atoms. The Balaban J connectivity index is 1.87. The maximum atomic E-state index is 12.0. The summed E-state index contributed by atoms with van der Waals surface area (Å²) in [5.74, 6) is -0.213. The van der Waals surface area contributed by atoms with Gasteiger partial charge in [0.05, 0.1) is 5.60 Å². The summed E-state index contributed by atoms with van der Waals surface area (Å²) in [6.45, 7) is 10.7. The molecule has 0 amide bonds. The summed E-state index contributed by atoms with van der Waals surface area (Å²) in [5.41, 5.74) is 0.204. The molecule has 2 aliphatic carbocycles. The molecule has 0 aromatic heterocycles. The van der Waals surface area contributed by atoms with Gasteiger partial charge >= 0.3 is 5.97 Å². The Labute approximate surface area is 114 Å². The van der Waals surface area contributed by atoms with Crippen LogP contribution in [0.1, 0.15) is 52.9 Å². The van der Waals surface area contributed by atoms with Crippen LogP contribution in [-0.2, 0) is 14.3 Å². The van der Waals surface area contributed by atoms with Crippen molar-refractivity contribution in [3.8, 4) is 0 Å². The SMILES string of the molecule is C=C1C(=O)O[C@H]2C34OC3(C)CCC[C@]4(C)CC[C@@]12C. The third-order valence-corrected chi connectivity index (χ3v) is 6.71. The molecule has 0 N–H and O–H groups in total. The Morgan fingerprint density at radius 2 is 1.89 bits per heavy atom. The Morgan fingerprint density at radius 3 is 2.63 bits per heavy atom. The molecule has 2 aliphatic heterocycles. The van der Waals surface area contributed by atoms with E-state index >= 15 is 0 Å². The first-order chi connectivity index (χ1) is 8.79. The summed E-state index contributed by atoms with van der Waals surface area (Å²) >= 11 is 0. The monoisotopic (exact) mass is 262 g/mol. The third-order valence-electron chi connectivity index (χ3n) is 6.71. The number of hydrogen-bond acceptors (Lipinski definition) is 3. The minimum Gasteiger partial charge on any atom is -0.455 e. The van der Waals surface area contributed by atoms with Crippen LogP contribution >= 0.6 is 0 Å². The van der Waals surface area contributed by atoms with Crippen LogP contribution < -0.4 is 0 Å². The van der Waals surface area contributed by atoms with E-state index in [0.717, 1.165) is 19.3 Å². The quantitative estimate of drug-likeness (QED) is 0.383. The molecule has 2 saturated carbocycles. The molecule has 1 spiro atoms. The van der Waals surface area contributed by atoms with Gasteiger partial charge in [0, 0.05) is 16.4 Å². The van der Waals surface area contributed by atoms with E-state index in [9.17, 15) is 4.79 Å². The zero-order valence-electron chi connectivity index (χ0n) is 12.0. The van der Waals surface area contributed by atoms with E-state index in [1.54, 1.807) is 0 Å². The number of fused-ring (bicyclic) bond motifs is 1. The smallest absolute Gasteiger partial charge is 0.334 e. The molecule has 3 heteroatoms. The molecular weight excluding hydrogens is 240 g/mol. The van der Waals surface area contributed by atoms with Crippen molar-refractivity contribution in [2.24, 2.45) is 10.8 Å². The van der Waals surface area contributed by atoms with Crippen molar-refractivity contribution in [2.75, 3.05) is 0 Å². The van der Waals surface area contributed by atoms with Crippen molar-refractivity contribution in [1.82, 2.24) is 0 Å². The Morgan fingerprint density at radius 1 is 1.16 bits per heavy atom. The molecule has 2 heterocycles. The maximum Gasteiger partial charge on any atom is 0.334 e. The zero-order valence-corrected chi connectivity index (χ0v) is 12.0.